The van der Waals surface area contributed by atoms with Crippen molar-refractivity contribution in [2.24, 2.45) is 0 Å². The Labute approximate surface area is 137 Å². The summed E-state index contributed by atoms with van der Waals surface area (Å²) in [5.74, 6) is -0.464. The summed E-state index contributed by atoms with van der Waals surface area (Å²) in [6.07, 6.45) is 6.62. The lowest BCUT2D eigenvalue weighted by Crippen LogP contribution is -2.36. The molecular formula is C17H23NO4S. The predicted molar refractivity (Wildman–Crippen MR) is 89.0 cm³/mol. The summed E-state index contributed by atoms with van der Waals surface area (Å²) >= 11 is 0. The lowest BCUT2D eigenvalue weighted by molar-refractivity contribution is -0.186. The van der Waals surface area contributed by atoms with Crippen LogP contribution in [0.15, 0.2) is 35.7 Å². The van der Waals surface area contributed by atoms with Gasteiger partial charge in [-0.2, -0.15) is 0 Å². The number of hydrogen-bond donors (Lipinski definition) is 1. The quantitative estimate of drug-likeness (QED) is 0.897. The van der Waals surface area contributed by atoms with E-state index in [9.17, 15) is 8.42 Å². The molecule has 1 saturated heterocycles. The van der Waals surface area contributed by atoms with Crippen molar-refractivity contribution in [1.29, 1.82) is 0 Å². The molecule has 0 radical (unpaired) electrons. The fraction of sp³-hybridized carbons (Fsp3) is 0.529. The van der Waals surface area contributed by atoms with Crippen molar-refractivity contribution < 1.29 is 17.9 Å². The minimum Gasteiger partial charge on any atom is -0.347 e. The van der Waals surface area contributed by atoms with E-state index in [1.165, 1.54) is 11.8 Å². The standard InChI is InChI=1S/C17H23NO4S/c19-23(20,12-9-15-7-3-1-4-8-15)18-13-16-14-21-17(22-16)10-5-2-6-11-17/h1,3-4,7-9,12,16,18H,2,5-6,10-11,13-14H2/b12-9+/t16-/m0/s1. The van der Waals surface area contributed by atoms with Crippen molar-refractivity contribution in [3.63, 3.8) is 0 Å². The predicted octanol–water partition coefficient (Wildman–Crippen LogP) is 2.65. The summed E-state index contributed by atoms with van der Waals surface area (Å²) in [5, 5.41) is 1.19. The second-order valence-corrected chi connectivity index (χ2v) is 7.78. The monoisotopic (exact) mass is 337 g/mol. The van der Waals surface area contributed by atoms with Gasteiger partial charge in [0.05, 0.1) is 12.7 Å². The fourth-order valence-electron chi connectivity index (χ4n) is 3.06. The maximum atomic E-state index is 12.0. The van der Waals surface area contributed by atoms with Crippen LogP contribution in [0.3, 0.4) is 0 Å². The summed E-state index contributed by atoms with van der Waals surface area (Å²) < 4.78 is 38.4. The number of benzene rings is 1. The molecule has 0 aromatic heterocycles. The van der Waals surface area contributed by atoms with Crippen molar-refractivity contribution in [3.8, 4) is 0 Å². The molecule has 0 unspecified atom stereocenters. The van der Waals surface area contributed by atoms with Crippen LogP contribution in [-0.4, -0.2) is 33.5 Å². The van der Waals surface area contributed by atoms with Gasteiger partial charge in [0.25, 0.3) is 0 Å². The molecule has 6 heteroatoms. The largest absolute Gasteiger partial charge is 0.347 e. The van der Waals surface area contributed by atoms with Crippen LogP contribution in [0.5, 0.6) is 0 Å². The number of ether oxygens (including phenoxy) is 2. The van der Waals surface area contributed by atoms with Crippen LogP contribution in [0.25, 0.3) is 6.08 Å². The van der Waals surface area contributed by atoms with Crippen molar-refractivity contribution in [3.05, 3.63) is 41.3 Å². The van der Waals surface area contributed by atoms with Gasteiger partial charge in [0.15, 0.2) is 5.79 Å². The number of hydrogen-bond acceptors (Lipinski definition) is 4. The molecule has 2 aliphatic rings. The van der Waals surface area contributed by atoms with Crippen LogP contribution < -0.4 is 4.72 Å². The normalized spacial score (nSPS) is 24.4. The Hall–Kier alpha value is -1.21. The van der Waals surface area contributed by atoms with Gasteiger partial charge in [0.2, 0.25) is 10.0 Å². The summed E-state index contributed by atoms with van der Waals surface area (Å²) in [6.45, 7) is 0.689. The van der Waals surface area contributed by atoms with E-state index in [0.29, 0.717) is 6.61 Å². The van der Waals surface area contributed by atoms with Crippen molar-refractivity contribution >= 4 is 16.1 Å². The molecule has 1 aliphatic carbocycles. The van der Waals surface area contributed by atoms with Crippen molar-refractivity contribution in [2.45, 2.75) is 44.0 Å². The Balaban J connectivity index is 1.51. The Morgan fingerprint density at radius 1 is 1.17 bits per heavy atom. The SMILES string of the molecule is O=S(=O)(/C=C/c1ccccc1)NC[C@H]1COC2(CCCCC2)O1. The molecule has 1 aromatic carbocycles. The maximum absolute atomic E-state index is 12.0. The molecule has 1 aromatic rings. The van der Waals surface area contributed by atoms with Crippen molar-refractivity contribution in [2.75, 3.05) is 13.2 Å². The average molecular weight is 337 g/mol. The van der Waals surface area contributed by atoms with Gasteiger partial charge in [-0.05, 0) is 24.5 Å². The lowest BCUT2D eigenvalue weighted by atomic mass is 9.94. The molecule has 3 rings (SSSR count). The van der Waals surface area contributed by atoms with Gasteiger partial charge in [0, 0.05) is 24.8 Å². The topological polar surface area (TPSA) is 64.6 Å². The van der Waals surface area contributed by atoms with Gasteiger partial charge in [0.1, 0.15) is 0 Å². The molecule has 0 bridgehead atoms. The first-order valence-electron chi connectivity index (χ1n) is 8.12. The van der Waals surface area contributed by atoms with E-state index in [1.54, 1.807) is 6.08 Å². The summed E-state index contributed by atoms with van der Waals surface area (Å²) in [4.78, 5) is 0. The Morgan fingerprint density at radius 2 is 1.91 bits per heavy atom. The summed E-state index contributed by atoms with van der Waals surface area (Å²) in [5.41, 5.74) is 0.847. The van der Waals surface area contributed by atoms with Gasteiger partial charge < -0.3 is 9.47 Å². The average Bonchev–Trinajstić information content (AvgIpc) is 2.96. The van der Waals surface area contributed by atoms with E-state index in [-0.39, 0.29) is 12.6 Å². The van der Waals surface area contributed by atoms with Crippen LogP contribution in [0.1, 0.15) is 37.7 Å². The fourth-order valence-corrected chi connectivity index (χ4v) is 3.91. The minimum absolute atomic E-state index is 0.215. The number of rotatable bonds is 5. The number of sulfonamides is 1. The Bertz CT molecular complexity index is 636. The Kier molecular flexibility index (Phi) is 5.16. The highest BCUT2D eigenvalue weighted by Crippen LogP contribution is 2.37. The molecule has 126 valence electrons. The van der Waals surface area contributed by atoms with E-state index < -0.39 is 15.8 Å². The molecule has 23 heavy (non-hydrogen) atoms. The van der Waals surface area contributed by atoms with Gasteiger partial charge in [-0.1, -0.05) is 36.8 Å². The second-order valence-electron chi connectivity index (χ2n) is 6.13. The zero-order valence-electron chi connectivity index (χ0n) is 13.1. The maximum Gasteiger partial charge on any atom is 0.233 e. The first-order chi connectivity index (χ1) is 11.1. The zero-order chi connectivity index (χ0) is 16.2. The zero-order valence-corrected chi connectivity index (χ0v) is 13.9. The smallest absolute Gasteiger partial charge is 0.233 e. The first kappa shape index (κ1) is 16.6. The minimum atomic E-state index is -3.48. The van der Waals surface area contributed by atoms with Crippen LogP contribution in [0.2, 0.25) is 0 Å². The number of nitrogens with one attached hydrogen (secondary N) is 1. The van der Waals surface area contributed by atoms with Crippen molar-refractivity contribution in [1.82, 2.24) is 4.72 Å². The van der Waals surface area contributed by atoms with Gasteiger partial charge in [-0.3, -0.25) is 0 Å². The van der Waals surface area contributed by atoms with E-state index in [4.69, 9.17) is 9.47 Å². The van der Waals surface area contributed by atoms with Crippen LogP contribution in [0.4, 0.5) is 0 Å². The highest BCUT2D eigenvalue weighted by Gasteiger charge is 2.42. The first-order valence-corrected chi connectivity index (χ1v) is 9.66. The third kappa shape index (κ3) is 4.64. The van der Waals surface area contributed by atoms with Gasteiger partial charge >= 0.3 is 0 Å². The summed E-state index contributed by atoms with van der Waals surface area (Å²) in [6, 6.07) is 9.34. The summed E-state index contributed by atoms with van der Waals surface area (Å²) in [7, 11) is -3.48. The van der Waals surface area contributed by atoms with Gasteiger partial charge in [-0.15, -0.1) is 0 Å². The molecule has 1 heterocycles. The highest BCUT2D eigenvalue weighted by molar-refractivity contribution is 7.92. The van der Waals surface area contributed by atoms with Crippen LogP contribution in [0, 0.1) is 0 Å². The van der Waals surface area contributed by atoms with E-state index in [0.717, 1.165) is 31.2 Å². The molecule has 2 fully saturated rings. The highest BCUT2D eigenvalue weighted by atomic mass is 32.2. The molecule has 1 spiro atoms. The Morgan fingerprint density at radius 3 is 2.65 bits per heavy atom. The van der Waals surface area contributed by atoms with Crippen LogP contribution >= 0.6 is 0 Å². The van der Waals surface area contributed by atoms with E-state index >= 15 is 0 Å². The third-order valence-electron chi connectivity index (χ3n) is 4.28. The molecular weight excluding hydrogens is 314 g/mol. The van der Waals surface area contributed by atoms with Crippen LogP contribution in [-0.2, 0) is 19.5 Å². The lowest BCUT2D eigenvalue weighted by Gasteiger charge is -2.31. The van der Waals surface area contributed by atoms with E-state index in [1.807, 2.05) is 30.3 Å². The molecule has 1 saturated carbocycles. The molecule has 0 amide bonds. The second kappa shape index (κ2) is 7.13. The third-order valence-corrected chi connectivity index (χ3v) is 5.34. The molecule has 1 aliphatic heterocycles. The molecule has 1 atom stereocenters. The van der Waals surface area contributed by atoms with E-state index in [2.05, 4.69) is 4.72 Å². The molecule has 1 N–H and O–H groups in total. The van der Waals surface area contributed by atoms with Gasteiger partial charge in [-0.25, -0.2) is 13.1 Å². The molecule has 5 nitrogen and oxygen atoms in total.